The van der Waals surface area contributed by atoms with E-state index in [1.54, 1.807) is 19.4 Å². The zero-order chi connectivity index (χ0) is 25.3. The Morgan fingerprint density at radius 2 is 2.06 bits per heavy atom. The molecule has 0 bridgehead atoms. The van der Waals surface area contributed by atoms with Gasteiger partial charge in [0.15, 0.2) is 0 Å². The number of carbonyl (C=O) groups is 1. The van der Waals surface area contributed by atoms with Crippen LogP contribution in [0.15, 0.2) is 65.7 Å². The van der Waals surface area contributed by atoms with Crippen molar-refractivity contribution in [1.29, 1.82) is 0 Å². The van der Waals surface area contributed by atoms with Crippen LogP contribution in [0.4, 0.5) is 4.39 Å². The van der Waals surface area contributed by atoms with Gasteiger partial charge < -0.3 is 14.7 Å². The first-order valence-electron chi connectivity index (χ1n) is 12.7. The molecule has 4 rings (SSSR count). The number of ether oxygens (including phenoxy) is 1. The molecule has 3 aromatic rings. The Balaban J connectivity index is 1.31. The van der Waals surface area contributed by atoms with Crippen molar-refractivity contribution in [3.8, 4) is 5.75 Å². The Bertz CT molecular complexity index is 1130. The Kier molecular flexibility index (Phi) is 9.59. The average molecular weight is 511 g/mol. The SMILES string of the molecule is COc1ccc2nccc([C@@H](F)CC[C@@H]3CCN(CCCSc4ccccc4)C[C@@H]3CC(=O)O)c2c1. The maximum absolute atomic E-state index is 15.5. The minimum atomic E-state index is -1.12. The molecule has 3 atom stereocenters. The molecule has 1 fully saturated rings. The molecule has 1 aromatic heterocycles. The quantitative estimate of drug-likeness (QED) is 0.218. The second-order valence-corrected chi connectivity index (χ2v) is 10.7. The monoisotopic (exact) mass is 510 g/mol. The second kappa shape index (κ2) is 13.1. The molecule has 7 heteroatoms. The minimum Gasteiger partial charge on any atom is -0.497 e. The Morgan fingerprint density at radius 3 is 2.83 bits per heavy atom. The molecule has 192 valence electrons. The lowest BCUT2D eigenvalue weighted by molar-refractivity contribution is -0.139. The summed E-state index contributed by atoms with van der Waals surface area (Å²) in [5.74, 6) is 1.23. The van der Waals surface area contributed by atoms with Gasteiger partial charge in [-0.25, -0.2) is 4.39 Å². The van der Waals surface area contributed by atoms with Gasteiger partial charge in [0.25, 0.3) is 0 Å². The predicted molar refractivity (Wildman–Crippen MR) is 143 cm³/mol. The number of halogens is 1. The fraction of sp³-hybridized carbons (Fsp3) is 0.448. The fourth-order valence-electron chi connectivity index (χ4n) is 5.25. The Hall–Kier alpha value is -2.64. The number of methoxy groups -OCH3 is 1. The van der Waals surface area contributed by atoms with Crippen LogP contribution in [0.2, 0.25) is 0 Å². The molecule has 0 amide bonds. The van der Waals surface area contributed by atoms with Gasteiger partial charge in [-0.1, -0.05) is 18.2 Å². The standard InChI is InChI=1S/C29H35FN2O3S/c1-35-23-9-11-28-26(19-23)25(12-14-31-28)27(30)10-8-21-13-16-32(20-22(21)18-29(33)34)15-5-17-36-24-6-3-2-4-7-24/h2-4,6-7,9,11-12,14,19,21-22,27H,5,8,10,13,15-18,20H2,1H3,(H,33,34)/t21-,22+,27+/m1/s1. The smallest absolute Gasteiger partial charge is 0.303 e. The highest BCUT2D eigenvalue weighted by atomic mass is 32.2. The number of carboxylic acids is 1. The van der Waals surface area contributed by atoms with Crippen molar-refractivity contribution in [1.82, 2.24) is 9.88 Å². The summed E-state index contributed by atoms with van der Waals surface area (Å²) in [6.07, 6.45) is 3.72. The molecule has 0 radical (unpaired) electrons. The normalized spacial score (nSPS) is 19.3. The van der Waals surface area contributed by atoms with E-state index in [1.165, 1.54) is 4.90 Å². The Labute approximate surface area is 217 Å². The van der Waals surface area contributed by atoms with Crippen LogP contribution in [0.1, 0.15) is 43.8 Å². The molecule has 0 spiro atoms. The van der Waals surface area contributed by atoms with Crippen LogP contribution >= 0.6 is 11.8 Å². The van der Waals surface area contributed by atoms with Crippen molar-refractivity contribution in [2.24, 2.45) is 11.8 Å². The van der Waals surface area contributed by atoms with Crippen molar-refractivity contribution < 1.29 is 19.0 Å². The highest BCUT2D eigenvalue weighted by Crippen LogP contribution is 2.36. The summed E-state index contributed by atoms with van der Waals surface area (Å²) >= 11 is 1.86. The van der Waals surface area contributed by atoms with Crippen LogP contribution in [0.25, 0.3) is 10.9 Å². The molecular weight excluding hydrogens is 475 g/mol. The summed E-state index contributed by atoms with van der Waals surface area (Å²) in [5.41, 5.74) is 1.38. The third-order valence-electron chi connectivity index (χ3n) is 7.15. The number of thioether (sulfide) groups is 1. The van der Waals surface area contributed by atoms with Gasteiger partial charge in [-0.3, -0.25) is 9.78 Å². The molecule has 1 saturated heterocycles. The number of aliphatic carboxylic acids is 1. The molecule has 1 N–H and O–H groups in total. The fourth-order valence-corrected chi connectivity index (χ4v) is 6.11. The van der Waals surface area contributed by atoms with Crippen molar-refractivity contribution in [3.05, 3.63) is 66.4 Å². The lowest BCUT2D eigenvalue weighted by Crippen LogP contribution is -2.42. The zero-order valence-electron chi connectivity index (χ0n) is 20.8. The summed E-state index contributed by atoms with van der Waals surface area (Å²) in [4.78, 5) is 19.6. The topological polar surface area (TPSA) is 62.7 Å². The first-order valence-corrected chi connectivity index (χ1v) is 13.7. The number of hydrogen-bond acceptors (Lipinski definition) is 5. The molecule has 36 heavy (non-hydrogen) atoms. The van der Waals surface area contributed by atoms with Crippen LogP contribution < -0.4 is 4.74 Å². The first kappa shape index (κ1) is 26.4. The molecule has 2 heterocycles. The number of piperidine rings is 1. The number of nitrogens with zero attached hydrogens (tertiary/aromatic N) is 2. The molecule has 0 saturated carbocycles. The van der Waals surface area contributed by atoms with Gasteiger partial charge in [0.2, 0.25) is 0 Å². The summed E-state index contributed by atoms with van der Waals surface area (Å²) < 4.78 is 20.8. The van der Waals surface area contributed by atoms with Crippen molar-refractivity contribution >= 4 is 28.6 Å². The molecule has 1 aliphatic rings. The first-order chi connectivity index (χ1) is 17.5. The molecule has 1 aliphatic heterocycles. The summed E-state index contributed by atoms with van der Waals surface area (Å²) in [6.45, 7) is 2.70. The van der Waals surface area contributed by atoms with Crippen LogP contribution in [0, 0.1) is 11.8 Å². The zero-order valence-corrected chi connectivity index (χ0v) is 21.6. The van der Waals surface area contributed by atoms with E-state index in [4.69, 9.17) is 4.74 Å². The lowest BCUT2D eigenvalue weighted by atomic mass is 9.79. The summed E-state index contributed by atoms with van der Waals surface area (Å²) in [5, 5.41) is 10.3. The number of aromatic nitrogens is 1. The lowest BCUT2D eigenvalue weighted by Gasteiger charge is -2.38. The van der Waals surface area contributed by atoms with Gasteiger partial charge in [-0.15, -0.1) is 11.8 Å². The number of carboxylic acid groups (broad SMARTS) is 1. The van der Waals surface area contributed by atoms with Crippen LogP contribution in [-0.4, -0.2) is 53.5 Å². The Morgan fingerprint density at radius 1 is 1.22 bits per heavy atom. The van der Waals surface area contributed by atoms with Gasteiger partial charge in [0.1, 0.15) is 11.9 Å². The second-order valence-electron chi connectivity index (χ2n) is 9.55. The van der Waals surface area contributed by atoms with Crippen molar-refractivity contribution in [2.45, 2.75) is 43.2 Å². The maximum Gasteiger partial charge on any atom is 0.303 e. The van der Waals surface area contributed by atoms with E-state index in [9.17, 15) is 9.90 Å². The number of likely N-dealkylation sites (tertiary alicyclic amines) is 1. The van der Waals surface area contributed by atoms with Crippen LogP contribution in [-0.2, 0) is 4.79 Å². The number of rotatable bonds is 12. The van der Waals surface area contributed by atoms with Gasteiger partial charge in [-0.2, -0.15) is 0 Å². The molecular formula is C29H35FN2O3S. The number of fused-ring (bicyclic) bond motifs is 1. The van der Waals surface area contributed by atoms with E-state index in [0.717, 1.165) is 49.1 Å². The van der Waals surface area contributed by atoms with E-state index >= 15 is 4.39 Å². The average Bonchev–Trinajstić information content (AvgIpc) is 2.90. The van der Waals surface area contributed by atoms with Gasteiger partial charge in [-0.05, 0) is 98.3 Å². The predicted octanol–water partition coefficient (Wildman–Crippen LogP) is 6.63. The summed E-state index contributed by atoms with van der Waals surface area (Å²) in [6, 6.07) is 17.7. The van der Waals surface area contributed by atoms with Crippen molar-refractivity contribution in [2.75, 3.05) is 32.5 Å². The summed E-state index contributed by atoms with van der Waals surface area (Å²) in [7, 11) is 1.60. The minimum absolute atomic E-state index is 0.0551. The van der Waals surface area contributed by atoms with E-state index in [-0.39, 0.29) is 18.3 Å². The van der Waals surface area contributed by atoms with E-state index in [1.807, 2.05) is 36.0 Å². The number of benzene rings is 2. The highest BCUT2D eigenvalue weighted by Gasteiger charge is 2.31. The van der Waals surface area contributed by atoms with Gasteiger partial charge in [0.05, 0.1) is 12.6 Å². The van der Waals surface area contributed by atoms with Crippen LogP contribution in [0.3, 0.4) is 0 Å². The van der Waals surface area contributed by atoms with Gasteiger partial charge >= 0.3 is 5.97 Å². The third-order valence-corrected chi connectivity index (χ3v) is 8.25. The number of hydrogen-bond donors (Lipinski definition) is 1. The molecule has 5 nitrogen and oxygen atoms in total. The largest absolute Gasteiger partial charge is 0.497 e. The van der Waals surface area contributed by atoms with E-state index in [2.05, 4.69) is 34.1 Å². The third kappa shape index (κ3) is 7.20. The van der Waals surface area contributed by atoms with E-state index in [0.29, 0.717) is 24.2 Å². The number of alkyl halides is 1. The number of pyridine rings is 1. The molecule has 0 unspecified atom stereocenters. The van der Waals surface area contributed by atoms with Gasteiger partial charge in [0, 0.05) is 29.4 Å². The van der Waals surface area contributed by atoms with Crippen molar-refractivity contribution in [3.63, 3.8) is 0 Å². The highest BCUT2D eigenvalue weighted by molar-refractivity contribution is 7.99. The molecule has 0 aliphatic carbocycles. The van der Waals surface area contributed by atoms with E-state index < -0.39 is 12.1 Å². The van der Waals surface area contributed by atoms with Crippen LogP contribution in [0.5, 0.6) is 5.75 Å². The molecule has 2 aromatic carbocycles. The maximum atomic E-state index is 15.5.